The molecule has 148 valence electrons. The van der Waals surface area contributed by atoms with Crippen molar-refractivity contribution in [3.05, 3.63) is 83.9 Å². The molecule has 0 saturated carbocycles. The second kappa shape index (κ2) is 6.85. The van der Waals surface area contributed by atoms with E-state index in [1.165, 1.54) is 5.56 Å². The van der Waals surface area contributed by atoms with Crippen LogP contribution in [0.15, 0.2) is 77.7 Å². The van der Waals surface area contributed by atoms with Crippen molar-refractivity contribution in [2.75, 3.05) is 0 Å². The number of fused-ring (bicyclic) bond motifs is 1. The molecule has 3 aromatic carbocycles. The molecule has 4 rings (SSSR count). The molecule has 4 nitrogen and oxygen atoms in total. The highest BCUT2D eigenvalue weighted by atomic mass is 32.2. The first kappa shape index (κ1) is 19.4. The van der Waals surface area contributed by atoms with Crippen molar-refractivity contribution < 1.29 is 8.42 Å². The van der Waals surface area contributed by atoms with Gasteiger partial charge in [-0.1, -0.05) is 80.9 Å². The summed E-state index contributed by atoms with van der Waals surface area (Å²) in [4.78, 5) is 0.228. The van der Waals surface area contributed by atoms with Crippen LogP contribution in [0.4, 0.5) is 0 Å². The second-order valence-corrected chi connectivity index (χ2v) is 10.1. The monoisotopic (exact) mass is 404 g/mol. The van der Waals surface area contributed by atoms with E-state index in [2.05, 4.69) is 38.0 Å². The van der Waals surface area contributed by atoms with E-state index in [1.807, 2.05) is 37.3 Å². The van der Waals surface area contributed by atoms with Crippen LogP contribution in [0.2, 0.25) is 0 Å². The SMILES string of the molecule is Cc1ccc(S(=O)(=O)n2nc(-c3ccc(C(C)(C)C)cc3)c3ccccc32)cc1. The van der Waals surface area contributed by atoms with Gasteiger partial charge in [-0.25, -0.2) is 0 Å². The Kier molecular flexibility index (Phi) is 4.58. The van der Waals surface area contributed by atoms with Crippen LogP contribution >= 0.6 is 0 Å². The normalized spacial score (nSPS) is 12.4. The Bertz CT molecular complexity index is 1280. The van der Waals surface area contributed by atoms with E-state index >= 15 is 0 Å². The molecular weight excluding hydrogens is 380 g/mol. The lowest BCUT2D eigenvalue weighted by Crippen LogP contribution is -2.14. The third-order valence-electron chi connectivity index (χ3n) is 5.13. The van der Waals surface area contributed by atoms with Crippen molar-refractivity contribution in [2.45, 2.75) is 38.0 Å². The van der Waals surface area contributed by atoms with E-state index in [0.717, 1.165) is 20.6 Å². The summed E-state index contributed by atoms with van der Waals surface area (Å²) in [6.07, 6.45) is 0. The molecule has 0 spiro atoms. The maximum atomic E-state index is 13.3. The van der Waals surface area contributed by atoms with Gasteiger partial charge in [0, 0.05) is 10.9 Å². The molecule has 0 radical (unpaired) electrons. The summed E-state index contributed by atoms with van der Waals surface area (Å²) in [5.74, 6) is 0. The maximum absolute atomic E-state index is 13.3. The van der Waals surface area contributed by atoms with E-state index in [-0.39, 0.29) is 10.3 Å². The van der Waals surface area contributed by atoms with Crippen molar-refractivity contribution in [3.8, 4) is 11.3 Å². The number of hydrogen-bond donors (Lipinski definition) is 0. The quantitative estimate of drug-likeness (QED) is 0.450. The number of benzene rings is 3. The molecule has 29 heavy (non-hydrogen) atoms. The lowest BCUT2D eigenvalue weighted by atomic mass is 9.86. The van der Waals surface area contributed by atoms with E-state index in [9.17, 15) is 8.42 Å². The van der Waals surface area contributed by atoms with Crippen molar-refractivity contribution in [1.82, 2.24) is 9.19 Å². The Morgan fingerprint density at radius 1 is 0.828 bits per heavy atom. The fraction of sp³-hybridized carbons (Fsp3) is 0.208. The van der Waals surface area contributed by atoms with Crippen LogP contribution in [-0.2, 0) is 15.4 Å². The van der Waals surface area contributed by atoms with Crippen LogP contribution in [0.5, 0.6) is 0 Å². The minimum atomic E-state index is -3.80. The highest BCUT2D eigenvalue weighted by Gasteiger charge is 2.23. The molecule has 5 heteroatoms. The number of aryl methyl sites for hydroxylation is 1. The molecule has 1 aromatic heterocycles. The minimum absolute atomic E-state index is 0.0503. The zero-order valence-electron chi connectivity index (χ0n) is 17.0. The third-order valence-corrected chi connectivity index (χ3v) is 6.73. The molecule has 0 aliphatic rings. The van der Waals surface area contributed by atoms with Gasteiger partial charge in [-0.15, -0.1) is 0 Å². The van der Waals surface area contributed by atoms with Crippen LogP contribution < -0.4 is 0 Å². The summed E-state index contributed by atoms with van der Waals surface area (Å²) in [7, 11) is -3.80. The molecule has 0 aliphatic carbocycles. The maximum Gasteiger partial charge on any atom is 0.283 e. The molecule has 4 aromatic rings. The van der Waals surface area contributed by atoms with E-state index in [0.29, 0.717) is 11.2 Å². The van der Waals surface area contributed by atoms with Gasteiger partial charge in [-0.2, -0.15) is 17.6 Å². The summed E-state index contributed by atoms with van der Waals surface area (Å²) in [6.45, 7) is 8.43. The van der Waals surface area contributed by atoms with Crippen molar-refractivity contribution in [3.63, 3.8) is 0 Å². The van der Waals surface area contributed by atoms with E-state index < -0.39 is 10.0 Å². The number of aromatic nitrogens is 2. The van der Waals surface area contributed by atoms with Crippen LogP contribution in [0, 0.1) is 6.92 Å². The first-order chi connectivity index (χ1) is 13.7. The van der Waals surface area contributed by atoms with Crippen LogP contribution in [0.1, 0.15) is 31.9 Å². The number of para-hydroxylation sites is 1. The van der Waals surface area contributed by atoms with Crippen LogP contribution in [0.3, 0.4) is 0 Å². The fourth-order valence-corrected chi connectivity index (χ4v) is 4.66. The summed E-state index contributed by atoms with van der Waals surface area (Å²) in [5.41, 5.74) is 4.41. The van der Waals surface area contributed by atoms with E-state index in [4.69, 9.17) is 0 Å². The summed E-state index contributed by atoms with van der Waals surface area (Å²) >= 11 is 0. The van der Waals surface area contributed by atoms with Crippen molar-refractivity contribution in [2.24, 2.45) is 0 Å². The first-order valence-corrected chi connectivity index (χ1v) is 11.0. The van der Waals surface area contributed by atoms with E-state index in [1.54, 1.807) is 30.3 Å². The Balaban J connectivity index is 1.89. The first-order valence-electron chi connectivity index (χ1n) is 9.59. The molecular formula is C24H24N2O2S. The van der Waals surface area contributed by atoms with Gasteiger partial charge in [0.05, 0.1) is 10.4 Å². The van der Waals surface area contributed by atoms with Crippen LogP contribution in [-0.4, -0.2) is 17.6 Å². The zero-order chi connectivity index (χ0) is 20.8. The average molecular weight is 405 g/mol. The Labute approximate surface area is 171 Å². The lowest BCUT2D eigenvalue weighted by Gasteiger charge is -2.18. The molecule has 0 N–H and O–H groups in total. The summed E-state index contributed by atoms with van der Waals surface area (Å²) < 4.78 is 27.7. The van der Waals surface area contributed by atoms with Crippen molar-refractivity contribution in [1.29, 1.82) is 0 Å². The largest absolute Gasteiger partial charge is 0.283 e. The smallest absolute Gasteiger partial charge is 0.199 e. The standard InChI is InChI=1S/C24H24N2O2S/c1-17-9-15-20(16-10-17)29(27,28)26-22-8-6-5-7-21(22)23(25-26)18-11-13-19(14-12-18)24(2,3)4/h5-16H,1-4H3. The Hall–Kier alpha value is -2.92. The number of rotatable bonds is 3. The second-order valence-electron chi connectivity index (χ2n) is 8.35. The molecule has 0 amide bonds. The third kappa shape index (κ3) is 3.47. The van der Waals surface area contributed by atoms with Gasteiger partial charge in [0.1, 0.15) is 5.69 Å². The van der Waals surface area contributed by atoms with Gasteiger partial charge in [0.25, 0.3) is 10.0 Å². The minimum Gasteiger partial charge on any atom is -0.199 e. The predicted octanol–water partition coefficient (Wildman–Crippen LogP) is 5.55. The number of hydrogen-bond acceptors (Lipinski definition) is 3. The topological polar surface area (TPSA) is 52.0 Å². The molecule has 0 saturated heterocycles. The molecule has 0 atom stereocenters. The highest BCUT2D eigenvalue weighted by Crippen LogP contribution is 2.32. The van der Waals surface area contributed by atoms with Gasteiger partial charge < -0.3 is 0 Å². The zero-order valence-corrected chi connectivity index (χ0v) is 17.9. The van der Waals surface area contributed by atoms with Gasteiger partial charge in [0.15, 0.2) is 0 Å². The van der Waals surface area contributed by atoms with Crippen LogP contribution in [0.25, 0.3) is 22.2 Å². The Morgan fingerprint density at radius 2 is 1.45 bits per heavy atom. The molecule has 0 unspecified atom stereocenters. The van der Waals surface area contributed by atoms with Gasteiger partial charge >= 0.3 is 0 Å². The summed E-state index contributed by atoms with van der Waals surface area (Å²) in [5, 5.41) is 5.36. The highest BCUT2D eigenvalue weighted by molar-refractivity contribution is 7.90. The average Bonchev–Trinajstić information content (AvgIpc) is 3.08. The summed E-state index contributed by atoms with van der Waals surface area (Å²) in [6, 6.07) is 22.5. The molecule has 0 aliphatic heterocycles. The molecule has 1 heterocycles. The lowest BCUT2D eigenvalue weighted by molar-refractivity contribution is 0.582. The van der Waals surface area contributed by atoms with Gasteiger partial charge in [-0.3, -0.25) is 0 Å². The Morgan fingerprint density at radius 3 is 2.07 bits per heavy atom. The van der Waals surface area contributed by atoms with Crippen molar-refractivity contribution >= 4 is 20.9 Å². The van der Waals surface area contributed by atoms with Gasteiger partial charge in [0.2, 0.25) is 0 Å². The molecule has 0 bridgehead atoms. The van der Waals surface area contributed by atoms with Gasteiger partial charge in [-0.05, 0) is 36.1 Å². The number of nitrogens with zero attached hydrogens (tertiary/aromatic N) is 2. The predicted molar refractivity (Wildman–Crippen MR) is 118 cm³/mol. The fourth-order valence-electron chi connectivity index (χ4n) is 3.37. The molecule has 0 fully saturated rings.